The van der Waals surface area contributed by atoms with E-state index in [2.05, 4.69) is 10.3 Å². The van der Waals surface area contributed by atoms with E-state index in [-0.39, 0.29) is 0 Å². The molecule has 1 N–H and O–H groups in total. The summed E-state index contributed by atoms with van der Waals surface area (Å²) in [5.74, 6) is -0.0327. The molecule has 1 aliphatic heterocycles. The molecule has 6 nitrogen and oxygen atoms in total. The highest BCUT2D eigenvalue weighted by atomic mass is 16.2. The summed E-state index contributed by atoms with van der Waals surface area (Å²) in [6.45, 7) is 6.99. The third kappa shape index (κ3) is 3.71. The Bertz CT molecular complexity index is 518. The van der Waals surface area contributed by atoms with Crippen LogP contribution in [-0.4, -0.2) is 52.8 Å². The van der Waals surface area contributed by atoms with Crippen molar-refractivity contribution in [3.63, 3.8) is 0 Å². The van der Waals surface area contributed by atoms with Gasteiger partial charge in [0.05, 0.1) is 12.2 Å². The van der Waals surface area contributed by atoms with Gasteiger partial charge in [-0.05, 0) is 25.5 Å². The third-order valence-electron chi connectivity index (χ3n) is 3.41. The zero-order chi connectivity index (χ0) is 15.2. The number of nitrogens with zero attached hydrogens (tertiary/aromatic N) is 3. The van der Waals surface area contributed by atoms with Crippen LogP contribution in [0.2, 0.25) is 0 Å². The molecule has 0 unspecified atom stereocenters. The Morgan fingerprint density at radius 3 is 2.57 bits per heavy atom. The Balaban J connectivity index is 2.02. The molecule has 0 aliphatic carbocycles. The summed E-state index contributed by atoms with van der Waals surface area (Å²) in [4.78, 5) is 31.7. The standard InChI is InChI=1S/C15H22N4O2/c1-3-8-18-9-10-19(15(21)14(18)20)11-12-6-5-7-13(17-12)16-4-2/h5-7H,3-4,8-11H2,1-2H3,(H,16,17). The maximum atomic E-state index is 12.1. The highest BCUT2D eigenvalue weighted by molar-refractivity contribution is 6.35. The Hall–Kier alpha value is -2.11. The second-order valence-electron chi connectivity index (χ2n) is 5.06. The van der Waals surface area contributed by atoms with Gasteiger partial charge in [0.1, 0.15) is 5.82 Å². The number of carbonyl (C=O) groups is 2. The van der Waals surface area contributed by atoms with Crippen molar-refractivity contribution in [3.05, 3.63) is 23.9 Å². The van der Waals surface area contributed by atoms with Gasteiger partial charge in [-0.3, -0.25) is 9.59 Å². The van der Waals surface area contributed by atoms with Crippen molar-refractivity contribution in [2.24, 2.45) is 0 Å². The smallest absolute Gasteiger partial charge is 0.312 e. The number of aromatic nitrogens is 1. The fraction of sp³-hybridized carbons (Fsp3) is 0.533. The molecule has 0 radical (unpaired) electrons. The average molecular weight is 290 g/mol. The first-order valence-corrected chi connectivity index (χ1v) is 7.43. The predicted octanol–water partition coefficient (Wildman–Crippen LogP) is 1.09. The van der Waals surface area contributed by atoms with Crippen LogP contribution in [-0.2, 0) is 16.1 Å². The summed E-state index contributed by atoms with van der Waals surface area (Å²) in [5.41, 5.74) is 0.790. The number of anilines is 1. The van der Waals surface area contributed by atoms with Crippen molar-refractivity contribution in [2.75, 3.05) is 31.5 Å². The van der Waals surface area contributed by atoms with E-state index >= 15 is 0 Å². The van der Waals surface area contributed by atoms with E-state index in [9.17, 15) is 9.59 Å². The zero-order valence-electron chi connectivity index (χ0n) is 12.6. The quantitative estimate of drug-likeness (QED) is 0.797. The molecule has 2 heterocycles. The first-order chi connectivity index (χ1) is 10.2. The van der Waals surface area contributed by atoms with Crippen molar-refractivity contribution in [1.82, 2.24) is 14.8 Å². The normalized spacial score (nSPS) is 15.5. The summed E-state index contributed by atoms with van der Waals surface area (Å²) >= 11 is 0. The van der Waals surface area contributed by atoms with Crippen LogP contribution in [0.1, 0.15) is 26.0 Å². The molecule has 0 aromatic carbocycles. The fourth-order valence-electron chi connectivity index (χ4n) is 2.39. The first-order valence-electron chi connectivity index (χ1n) is 7.43. The van der Waals surface area contributed by atoms with Crippen LogP contribution < -0.4 is 5.32 Å². The number of nitrogens with one attached hydrogen (secondary N) is 1. The molecule has 114 valence electrons. The van der Waals surface area contributed by atoms with Crippen LogP contribution >= 0.6 is 0 Å². The SMILES string of the molecule is CCCN1CCN(Cc2cccc(NCC)n2)C(=O)C1=O. The van der Waals surface area contributed by atoms with Crippen molar-refractivity contribution in [3.8, 4) is 0 Å². The lowest BCUT2D eigenvalue weighted by molar-refractivity contribution is -0.156. The number of pyridine rings is 1. The second-order valence-corrected chi connectivity index (χ2v) is 5.06. The number of rotatable bonds is 6. The molecule has 0 atom stereocenters. The summed E-state index contributed by atoms with van der Waals surface area (Å²) < 4.78 is 0. The van der Waals surface area contributed by atoms with E-state index in [1.165, 1.54) is 0 Å². The highest BCUT2D eigenvalue weighted by Gasteiger charge is 2.31. The monoisotopic (exact) mass is 290 g/mol. The Kier molecular flexibility index (Phi) is 5.14. The van der Waals surface area contributed by atoms with Crippen LogP contribution in [0.25, 0.3) is 0 Å². The number of amides is 2. The highest BCUT2D eigenvalue weighted by Crippen LogP contribution is 2.11. The van der Waals surface area contributed by atoms with Crippen molar-refractivity contribution in [2.45, 2.75) is 26.8 Å². The van der Waals surface area contributed by atoms with Gasteiger partial charge >= 0.3 is 11.8 Å². The van der Waals surface area contributed by atoms with Crippen molar-refractivity contribution < 1.29 is 9.59 Å². The first kappa shape index (κ1) is 15.3. The Morgan fingerprint density at radius 2 is 1.86 bits per heavy atom. The molecule has 0 bridgehead atoms. The topological polar surface area (TPSA) is 65.5 Å². The van der Waals surface area contributed by atoms with Gasteiger partial charge in [-0.2, -0.15) is 0 Å². The molecule has 6 heteroatoms. The van der Waals surface area contributed by atoms with Crippen LogP contribution in [0.5, 0.6) is 0 Å². The zero-order valence-corrected chi connectivity index (χ0v) is 12.6. The third-order valence-corrected chi connectivity index (χ3v) is 3.41. The molecule has 2 amide bonds. The summed E-state index contributed by atoms with van der Waals surface area (Å²) in [7, 11) is 0. The van der Waals surface area contributed by atoms with Crippen LogP contribution in [0.15, 0.2) is 18.2 Å². The maximum absolute atomic E-state index is 12.1. The largest absolute Gasteiger partial charge is 0.370 e. The van der Waals surface area contributed by atoms with Crippen LogP contribution in [0, 0.1) is 0 Å². The van der Waals surface area contributed by atoms with E-state index in [4.69, 9.17) is 0 Å². The lowest BCUT2D eigenvalue weighted by Crippen LogP contribution is -2.54. The van der Waals surface area contributed by atoms with E-state index < -0.39 is 11.8 Å². The fourth-order valence-corrected chi connectivity index (χ4v) is 2.39. The minimum Gasteiger partial charge on any atom is -0.370 e. The minimum atomic E-state index is -0.426. The van der Waals surface area contributed by atoms with Gasteiger partial charge in [0.2, 0.25) is 0 Å². The average Bonchev–Trinajstić information content (AvgIpc) is 2.48. The summed E-state index contributed by atoms with van der Waals surface area (Å²) in [6.07, 6.45) is 0.866. The molecule has 2 rings (SSSR count). The number of piperazine rings is 1. The van der Waals surface area contributed by atoms with Crippen molar-refractivity contribution in [1.29, 1.82) is 0 Å². The van der Waals surface area contributed by atoms with E-state index in [0.29, 0.717) is 26.2 Å². The van der Waals surface area contributed by atoms with Crippen LogP contribution in [0.3, 0.4) is 0 Å². The second kappa shape index (κ2) is 7.06. The molecule has 0 saturated carbocycles. The van der Waals surface area contributed by atoms with Gasteiger partial charge in [0, 0.05) is 26.2 Å². The Labute approximate surface area is 125 Å². The maximum Gasteiger partial charge on any atom is 0.312 e. The lowest BCUT2D eigenvalue weighted by Gasteiger charge is -2.33. The van der Waals surface area contributed by atoms with Gasteiger partial charge in [-0.25, -0.2) is 4.98 Å². The molecule has 1 aromatic rings. The van der Waals surface area contributed by atoms with E-state index in [0.717, 1.165) is 24.5 Å². The molecule has 1 aliphatic rings. The lowest BCUT2D eigenvalue weighted by atomic mass is 10.2. The van der Waals surface area contributed by atoms with Crippen molar-refractivity contribution >= 4 is 17.6 Å². The Morgan fingerprint density at radius 1 is 1.14 bits per heavy atom. The summed E-state index contributed by atoms with van der Waals surface area (Å²) in [6, 6.07) is 5.66. The molecule has 1 aromatic heterocycles. The van der Waals surface area contributed by atoms with Crippen LogP contribution in [0.4, 0.5) is 5.82 Å². The van der Waals surface area contributed by atoms with E-state index in [1.807, 2.05) is 32.0 Å². The molecular formula is C15H22N4O2. The van der Waals surface area contributed by atoms with Gasteiger partial charge < -0.3 is 15.1 Å². The van der Waals surface area contributed by atoms with Gasteiger partial charge in [0.25, 0.3) is 0 Å². The molecule has 0 spiro atoms. The molecule has 21 heavy (non-hydrogen) atoms. The van der Waals surface area contributed by atoms with Gasteiger partial charge in [-0.15, -0.1) is 0 Å². The number of hydrogen-bond acceptors (Lipinski definition) is 4. The molecule has 1 fully saturated rings. The van der Waals surface area contributed by atoms with Gasteiger partial charge in [-0.1, -0.05) is 13.0 Å². The summed E-state index contributed by atoms with van der Waals surface area (Å²) in [5, 5.41) is 3.14. The molecule has 1 saturated heterocycles. The number of hydrogen-bond donors (Lipinski definition) is 1. The predicted molar refractivity (Wildman–Crippen MR) is 80.7 cm³/mol. The van der Waals surface area contributed by atoms with E-state index in [1.54, 1.807) is 9.80 Å². The van der Waals surface area contributed by atoms with Gasteiger partial charge in [0.15, 0.2) is 0 Å². The minimum absolute atomic E-state index is 0.379. The molecular weight excluding hydrogens is 268 g/mol. The number of carbonyl (C=O) groups excluding carboxylic acids is 2.